The van der Waals surface area contributed by atoms with Crippen LogP contribution in [-0.4, -0.2) is 25.9 Å². The van der Waals surface area contributed by atoms with Crippen LogP contribution in [0.1, 0.15) is 5.56 Å². The standard InChI is InChI=1S/C17H19NO3S/c1-20-15-5-3-4-13(10-15)11-21-12-17(19)18-14-6-8-16(22-2)9-7-14/h3-10H,11-12H2,1-2H3,(H,18,19). The molecule has 0 heterocycles. The van der Waals surface area contributed by atoms with Gasteiger partial charge in [-0.1, -0.05) is 12.1 Å². The number of thioether (sulfide) groups is 1. The topological polar surface area (TPSA) is 47.6 Å². The second-order valence-corrected chi connectivity index (χ2v) is 5.50. The van der Waals surface area contributed by atoms with E-state index in [0.717, 1.165) is 21.9 Å². The average Bonchev–Trinajstić information content (AvgIpc) is 2.56. The monoisotopic (exact) mass is 317 g/mol. The van der Waals surface area contributed by atoms with Crippen molar-refractivity contribution in [2.24, 2.45) is 0 Å². The zero-order valence-electron chi connectivity index (χ0n) is 12.7. The molecule has 0 atom stereocenters. The SMILES string of the molecule is COc1cccc(COCC(=O)Nc2ccc(SC)cc2)c1. The molecule has 0 saturated carbocycles. The molecule has 0 aliphatic heterocycles. The van der Waals surface area contributed by atoms with E-state index in [4.69, 9.17) is 9.47 Å². The zero-order chi connectivity index (χ0) is 15.8. The van der Waals surface area contributed by atoms with E-state index >= 15 is 0 Å². The van der Waals surface area contributed by atoms with Crippen LogP contribution < -0.4 is 10.1 Å². The number of ether oxygens (including phenoxy) is 2. The largest absolute Gasteiger partial charge is 0.497 e. The summed E-state index contributed by atoms with van der Waals surface area (Å²) >= 11 is 1.66. The molecule has 4 nitrogen and oxygen atoms in total. The first-order chi connectivity index (χ1) is 10.7. The lowest BCUT2D eigenvalue weighted by molar-refractivity contribution is -0.121. The fraction of sp³-hybridized carbons (Fsp3) is 0.235. The third-order valence-electron chi connectivity index (χ3n) is 3.01. The number of nitrogens with one attached hydrogen (secondary N) is 1. The maximum Gasteiger partial charge on any atom is 0.250 e. The van der Waals surface area contributed by atoms with Crippen molar-refractivity contribution in [1.82, 2.24) is 0 Å². The minimum absolute atomic E-state index is 0.0154. The molecule has 0 saturated heterocycles. The van der Waals surface area contributed by atoms with Crippen LogP contribution in [0.5, 0.6) is 5.75 Å². The van der Waals surface area contributed by atoms with E-state index in [1.54, 1.807) is 18.9 Å². The van der Waals surface area contributed by atoms with Crippen molar-refractivity contribution in [1.29, 1.82) is 0 Å². The van der Waals surface area contributed by atoms with E-state index in [1.165, 1.54) is 0 Å². The zero-order valence-corrected chi connectivity index (χ0v) is 13.5. The van der Waals surface area contributed by atoms with Gasteiger partial charge in [-0.25, -0.2) is 0 Å². The van der Waals surface area contributed by atoms with Crippen molar-refractivity contribution in [3.8, 4) is 5.75 Å². The van der Waals surface area contributed by atoms with Crippen molar-refractivity contribution < 1.29 is 14.3 Å². The molecule has 2 aromatic carbocycles. The molecule has 22 heavy (non-hydrogen) atoms. The summed E-state index contributed by atoms with van der Waals surface area (Å²) in [5.41, 5.74) is 1.74. The Morgan fingerprint density at radius 3 is 2.64 bits per heavy atom. The molecular weight excluding hydrogens is 298 g/mol. The Hall–Kier alpha value is -1.98. The van der Waals surface area contributed by atoms with Gasteiger partial charge < -0.3 is 14.8 Å². The number of hydrogen-bond acceptors (Lipinski definition) is 4. The maximum absolute atomic E-state index is 11.8. The Labute approximate surface area is 134 Å². The van der Waals surface area contributed by atoms with E-state index < -0.39 is 0 Å². The van der Waals surface area contributed by atoms with Gasteiger partial charge in [0.2, 0.25) is 5.91 Å². The number of amides is 1. The Balaban J connectivity index is 1.77. The van der Waals surface area contributed by atoms with Crippen LogP contribution in [0, 0.1) is 0 Å². The summed E-state index contributed by atoms with van der Waals surface area (Å²) in [5, 5.41) is 2.80. The molecular formula is C17H19NO3S. The lowest BCUT2D eigenvalue weighted by Crippen LogP contribution is -2.18. The Kier molecular flexibility index (Phi) is 6.30. The molecule has 0 bridgehead atoms. The number of anilines is 1. The van der Waals surface area contributed by atoms with Crippen LogP contribution in [0.15, 0.2) is 53.4 Å². The van der Waals surface area contributed by atoms with Crippen molar-refractivity contribution in [2.45, 2.75) is 11.5 Å². The van der Waals surface area contributed by atoms with Gasteiger partial charge in [-0.05, 0) is 48.2 Å². The minimum Gasteiger partial charge on any atom is -0.497 e. The van der Waals surface area contributed by atoms with Gasteiger partial charge in [0.05, 0.1) is 13.7 Å². The molecule has 0 aliphatic carbocycles. The highest BCUT2D eigenvalue weighted by Gasteiger charge is 2.03. The molecule has 0 fully saturated rings. The Morgan fingerprint density at radius 2 is 1.95 bits per heavy atom. The number of carbonyl (C=O) groups is 1. The van der Waals surface area contributed by atoms with Crippen molar-refractivity contribution in [2.75, 3.05) is 25.3 Å². The molecule has 5 heteroatoms. The molecule has 1 N–H and O–H groups in total. The predicted molar refractivity (Wildman–Crippen MR) is 89.5 cm³/mol. The van der Waals surface area contributed by atoms with E-state index in [2.05, 4.69) is 5.32 Å². The summed E-state index contributed by atoms with van der Waals surface area (Å²) in [5.74, 6) is 0.610. The van der Waals surface area contributed by atoms with Gasteiger partial charge in [-0.2, -0.15) is 0 Å². The highest BCUT2D eigenvalue weighted by Crippen LogP contribution is 2.17. The summed E-state index contributed by atoms with van der Waals surface area (Å²) in [6.07, 6.45) is 2.01. The normalized spacial score (nSPS) is 10.3. The van der Waals surface area contributed by atoms with Crippen LogP contribution in [0.3, 0.4) is 0 Å². The van der Waals surface area contributed by atoms with Crippen molar-refractivity contribution in [3.05, 3.63) is 54.1 Å². The average molecular weight is 317 g/mol. The summed E-state index contributed by atoms with van der Waals surface area (Å²) in [7, 11) is 1.62. The lowest BCUT2D eigenvalue weighted by Gasteiger charge is -2.08. The summed E-state index contributed by atoms with van der Waals surface area (Å²) in [6, 6.07) is 15.3. The lowest BCUT2D eigenvalue weighted by atomic mass is 10.2. The van der Waals surface area contributed by atoms with Gasteiger partial charge in [0.25, 0.3) is 0 Å². The smallest absolute Gasteiger partial charge is 0.250 e. The molecule has 0 unspecified atom stereocenters. The van der Waals surface area contributed by atoms with Gasteiger partial charge in [0.15, 0.2) is 0 Å². The maximum atomic E-state index is 11.8. The third-order valence-corrected chi connectivity index (χ3v) is 3.75. The highest BCUT2D eigenvalue weighted by atomic mass is 32.2. The second-order valence-electron chi connectivity index (χ2n) is 4.62. The van der Waals surface area contributed by atoms with Gasteiger partial charge in [-0.3, -0.25) is 4.79 Å². The second kappa shape index (κ2) is 8.46. The fourth-order valence-electron chi connectivity index (χ4n) is 1.90. The Morgan fingerprint density at radius 1 is 1.18 bits per heavy atom. The number of rotatable bonds is 7. The first kappa shape index (κ1) is 16.4. The van der Waals surface area contributed by atoms with Crippen LogP contribution >= 0.6 is 11.8 Å². The molecule has 116 valence electrons. The molecule has 0 aromatic heterocycles. The van der Waals surface area contributed by atoms with Crippen LogP contribution in [-0.2, 0) is 16.1 Å². The van der Waals surface area contributed by atoms with Crippen molar-refractivity contribution in [3.63, 3.8) is 0 Å². The van der Waals surface area contributed by atoms with E-state index in [9.17, 15) is 4.79 Å². The summed E-state index contributed by atoms with van der Waals surface area (Å²) in [4.78, 5) is 13.0. The van der Waals surface area contributed by atoms with Gasteiger partial charge in [-0.15, -0.1) is 11.8 Å². The van der Waals surface area contributed by atoms with Crippen LogP contribution in [0.2, 0.25) is 0 Å². The van der Waals surface area contributed by atoms with Crippen LogP contribution in [0.4, 0.5) is 5.69 Å². The van der Waals surface area contributed by atoms with E-state index in [0.29, 0.717) is 6.61 Å². The number of hydrogen-bond donors (Lipinski definition) is 1. The van der Waals surface area contributed by atoms with Gasteiger partial charge in [0, 0.05) is 10.6 Å². The summed E-state index contributed by atoms with van der Waals surface area (Å²) in [6.45, 7) is 0.386. The summed E-state index contributed by atoms with van der Waals surface area (Å²) < 4.78 is 10.6. The van der Waals surface area contributed by atoms with Crippen molar-refractivity contribution >= 4 is 23.4 Å². The van der Waals surface area contributed by atoms with E-state index in [-0.39, 0.29) is 12.5 Å². The molecule has 0 radical (unpaired) electrons. The van der Waals surface area contributed by atoms with E-state index in [1.807, 2.05) is 54.8 Å². The first-order valence-corrected chi connectivity index (χ1v) is 8.08. The molecule has 2 rings (SSSR count). The van der Waals surface area contributed by atoms with Gasteiger partial charge in [0.1, 0.15) is 12.4 Å². The molecule has 2 aromatic rings. The molecule has 1 amide bonds. The highest BCUT2D eigenvalue weighted by molar-refractivity contribution is 7.98. The molecule has 0 spiro atoms. The number of methoxy groups -OCH3 is 1. The minimum atomic E-state index is -0.167. The number of carbonyl (C=O) groups excluding carboxylic acids is 1. The fourth-order valence-corrected chi connectivity index (χ4v) is 2.30. The molecule has 0 aliphatic rings. The quantitative estimate of drug-likeness (QED) is 0.793. The van der Waals surface area contributed by atoms with Crippen LogP contribution in [0.25, 0.3) is 0 Å². The first-order valence-electron chi connectivity index (χ1n) is 6.86. The predicted octanol–water partition coefficient (Wildman–Crippen LogP) is 3.57. The number of benzene rings is 2. The Bertz CT molecular complexity index is 614. The van der Waals surface area contributed by atoms with Gasteiger partial charge >= 0.3 is 0 Å². The third kappa shape index (κ3) is 5.09.